The van der Waals surface area contributed by atoms with Gasteiger partial charge in [-0.05, 0) is 18.2 Å². The highest BCUT2D eigenvalue weighted by Crippen LogP contribution is 2.28. The lowest BCUT2D eigenvalue weighted by Gasteiger charge is -2.13. The molecule has 1 atom stereocenters. The minimum Gasteiger partial charge on any atom is -0.484 e. The van der Waals surface area contributed by atoms with E-state index in [-0.39, 0.29) is 11.3 Å². The van der Waals surface area contributed by atoms with Crippen molar-refractivity contribution < 1.29 is 27.9 Å². The third-order valence-corrected chi connectivity index (χ3v) is 2.84. The summed E-state index contributed by atoms with van der Waals surface area (Å²) in [5.74, 6) is -2.86. The van der Waals surface area contributed by atoms with Crippen LogP contribution in [0.3, 0.4) is 0 Å². The molecular weight excluding hydrogens is 303 g/mol. The van der Waals surface area contributed by atoms with Crippen molar-refractivity contribution in [3.63, 3.8) is 0 Å². The quantitative estimate of drug-likeness (QED) is 0.680. The first-order chi connectivity index (χ1) is 10.4. The lowest BCUT2D eigenvalue weighted by Crippen LogP contribution is -2.12. The number of hydrogen-bond acceptors (Lipinski definition) is 4. The normalized spacial score (nSPS) is 12.0. The Hall–Kier alpha value is -2.61. The van der Waals surface area contributed by atoms with Crippen LogP contribution < -0.4 is 4.74 Å². The van der Waals surface area contributed by atoms with Crippen molar-refractivity contribution in [1.29, 1.82) is 0 Å². The van der Waals surface area contributed by atoms with Gasteiger partial charge in [-0.15, -0.1) is 0 Å². The number of rotatable bonds is 5. The zero-order chi connectivity index (χ0) is 16.3. The van der Waals surface area contributed by atoms with Crippen LogP contribution in [-0.4, -0.2) is 16.6 Å². The molecule has 0 aliphatic carbocycles. The topological polar surface area (TPSA) is 72.6 Å². The molecule has 0 saturated heterocycles. The van der Waals surface area contributed by atoms with E-state index in [9.17, 15) is 28.4 Å². The second-order valence-electron chi connectivity index (χ2n) is 4.36. The van der Waals surface area contributed by atoms with Crippen molar-refractivity contribution in [3.8, 4) is 5.75 Å². The number of nitro benzene ring substituents is 1. The van der Waals surface area contributed by atoms with Crippen LogP contribution in [0, 0.1) is 27.6 Å². The monoisotopic (exact) mass is 313 g/mol. The SMILES string of the molecule is O=[N+]([O-])c1cc(F)ccc1OCC(O)c1ccc(F)cc1F. The standard InChI is InChI=1S/C14H10F3NO4/c15-8-1-3-10(11(17)5-8)13(19)7-22-14-4-2-9(16)6-12(14)18(20)21/h1-6,13,19H,7H2. The van der Waals surface area contributed by atoms with Gasteiger partial charge >= 0.3 is 5.69 Å². The van der Waals surface area contributed by atoms with Crippen LogP contribution in [0.25, 0.3) is 0 Å². The number of aliphatic hydroxyl groups excluding tert-OH is 1. The molecule has 0 saturated carbocycles. The van der Waals surface area contributed by atoms with E-state index in [0.717, 1.165) is 24.3 Å². The van der Waals surface area contributed by atoms with Crippen molar-refractivity contribution in [2.75, 3.05) is 6.61 Å². The van der Waals surface area contributed by atoms with E-state index in [0.29, 0.717) is 12.1 Å². The Balaban J connectivity index is 2.14. The van der Waals surface area contributed by atoms with Gasteiger partial charge in [0.25, 0.3) is 0 Å². The molecule has 0 spiro atoms. The molecule has 0 aliphatic heterocycles. The smallest absolute Gasteiger partial charge is 0.313 e. The zero-order valence-electron chi connectivity index (χ0n) is 11.0. The van der Waals surface area contributed by atoms with E-state index in [4.69, 9.17) is 4.74 Å². The number of nitro groups is 1. The molecule has 0 amide bonds. The van der Waals surface area contributed by atoms with Gasteiger partial charge in [0.05, 0.1) is 11.0 Å². The minimum atomic E-state index is -1.47. The van der Waals surface area contributed by atoms with E-state index in [1.165, 1.54) is 0 Å². The average Bonchev–Trinajstić information content (AvgIpc) is 2.45. The van der Waals surface area contributed by atoms with Gasteiger partial charge in [-0.3, -0.25) is 10.1 Å². The molecule has 2 rings (SSSR count). The average molecular weight is 313 g/mol. The molecule has 5 nitrogen and oxygen atoms in total. The molecule has 2 aromatic carbocycles. The van der Waals surface area contributed by atoms with E-state index < -0.39 is 40.8 Å². The van der Waals surface area contributed by atoms with Crippen LogP contribution in [0.1, 0.15) is 11.7 Å². The summed E-state index contributed by atoms with van der Waals surface area (Å²) in [6.07, 6.45) is -1.47. The van der Waals surface area contributed by atoms with Crippen LogP contribution in [0.15, 0.2) is 36.4 Å². The highest BCUT2D eigenvalue weighted by molar-refractivity contribution is 5.46. The predicted octanol–water partition coefficient (Wildman–Crippen LogP) is 3.12. The fraction of sp³-hybridized carbons (Fsp3) is 0.143. The first kappa shape index (κ1) is 15.8. The Morgan fingerprint density at radius 3 is 2.41 bits per heavy atom. The third kappa shape index (κ3) is 3.53. The van der Waals surface area contributed by atoms with E-state index in [1.807, 2.05) is 0 Å². The summed E-state index contributed by atoms with van der Waals surface area (Å²) in [4.78, 5) is 9.93. The van der Waals surface area contributed by atoms with Gasteiger partial charge < -0.3 is 9.84 Å². The highest BCUT2D eigenvalue weighted by atomic mass is 19.1. The van der Waals surface area contributed by atoms with Crippen LogP contribution in [-0.2, 0) is 0 Å². The summed E-state index contributed by atoms with van der Waals surface area (Å²) in [6, 6.07) is 5.24. The van der Waals surface area contributed by atoms with E-state index in [1.54, 1.807) is 0 Å². The molecule has 0 fully saturated rings. The number of nitrogens with zero attached hydrogens (tertiary/aromatic N) is 1. The van der Waals surface area contributed by atoms with E-state index >= 15 is 0 Å². The maximum Gasteiger partial charge on any atom is 0.313 e. The number of aliphatic hydroxyl groups is 1. The maximum atomic E-state index is 13.5. The maximum absolute atomic E-state index is 13.5. The first-order valence-corrected chi connectivity index (χ1v) is 6.08. The van der Waals surface area contributed by atoms with Crippen LogP contribution >= 0.6 is 0 Å². The van der Waals surface area contributed by atoms with Gasteiger partial charge in [0.2, 0.25) is 0 Å². The molecule has 116 valence electrons. The lowest BCUT2D eigenvalue weighted by atomic mass is 10.1. The lowest BCUT2D eigenvalue weighted by molar-refractivity contribution is -0.386. The molecule has 1 N–H and O–H groups in total. The fourth-order valence-electron chi connectivity index (χ4n) is 1.79. The fourth-order valence-corrected chi connectivity index (χ4v) is 1.79. The van der Waals surface area contributed by atoms with Crippen molar-refractivity contribution in [2.24, 2.45) is 0 Å². The molecule has 2 aromatic rings. The second-order valence-corrected chi connectivity index (χ2v) is 4.36. The first-order valence-electron chi connectivity index (χ1n) is 6.08. The molecule has 8 heteroatoms. The molecule has 0 radical (unpaired) electrons. The number of ether oxygens (including phenoxy) is 1. The van der Waals surface area contributed by atoms with Crippen molar-refractivity contribution in [2.45, 2.75) is 6.10 Å². The summed E-state index contributed by atoms with van der Waals surface area (Å²) in [7, 11) is 0. The molecular formula is C14H10F3NO4. The zero-order valence-corrected chi connectivity index (χ0v) is 11.0. The summed E-state index contributed by atoms with van der Waals surface area (Å²) >= 11 is 0. The van der Waals surface area contributed by atoms with Gasteiger partial charge in [0.15, 0.2) is 5.75 Å². The third-order valence-electron chi connectivity index (χ3n) is 2.84. The van der Waals surface area contributed by atoms with Gasteiger partial charge in [-0.25, -0.2) is 13.2 Å². The number of benzene rings is 2. The second kappa shape index (κ2) is 6.44. The summed E-state index contributed by atoms with van der Waals surface area (Å²) in [5, 5.41) is 20.6. The van der Waals surface area contributed by atoms with Crippen LogP contribution in [0.4, 0.5) is 18.9 Å². The van der Waals surface area contributed by atoms with Crippen molar-refractivity contribution >= 4 is 5.69 Å². The Bertz CT molecular complexity index is 708. The Morgan fingerprint density at radius 2 is 1.77 bits per heavy atom. The van der Waals surface area contributed by atoms with Gasteiger partial charge in [0, 0.05) is 11.6 Å². The number of hydrogen-bond donors (Lipinski definition) is 1. The van der Waals surface area contributed by atoms with Crippen LogP contribution in [0.5, 0.6) is 5.75 Å². The molecule has 0 heterocycles. The molecule has 1 unspecified atom stereocenters. The van der Waals surface area contributed by atoms with E-state index in [2.05, 4.69) is 0 Å². The molecule has 0 bridgehead atoms. The van der Waals surface area contributed by atoms with Gasteiger partial charge in [0.1, 0.15) is 30.2 Å². The van der Waals surface area contributed by atoms with Gasteiger partial charge in [-0.1, -0.05) is 6.07 Å². The number of halogens is 3. The van der Waals surface area contributed by atoms with Gasteiger partial charge in [-0.2, -0.15) is 0 Å². The Morgan fingerprint density at radius 1 is 1.14 bits per heavy atom. The molecule has 0 aromatic heterocycles. The Kier molecular flexibility index (Phi) is 4.62. The predicted molar refractivity (Wildman–Crippen MR) is 69.9 cm³/mol. The largest absolute Gasteiger partial charge is 0.484 e. The minimum absolute atomic E-state index is 0.217. The van der Waals surface area contributed by atoms with Crippen molar-refractivity contribution in [3.05, 3.63) is 69.5 Å². The summed E-state index contributed by atoms with van der Waals surface area (Å²) < 4.78 is 44.3. The summed E-state index contributed by atoms with van der Waals surface area (Å²) in [5.41, 5.74) is -0.835. The highest BCUT2D eigenvalue weighted by Gasteiger charge is 2.19. The Labute approximate surface area is 122 Å². The van der Waals surface area contributed by atoms with Crippen molar-refractivity contribution in [1.82, 2.24) is 0 Å². The summed E-state index contributed by atoms with van der Waals surface area (Å²) in [6.45, 7) is -0.519. The molecule has 22 heavy (non-hydrogen) atoms. The molecule has 0 aliphatic rings. The van der Waals surface area contributed by atoms with Crippen LogP contribution in [0.2, 0.25) is 0 Å².